The van der Waals surface area contributed by atoms with Crippen LogP contribution in [0.5, 0.6) is 0 Å². The number of carbonyl (C=O) groups excluding carboxylic acids is 1. The van der Waals surface area contributed by atoms with Crippen molar-refractivity contribution in [1.82, 2.24) is 10.3 Å². The van der Waals surface area contributed by atoms with Crippen LogP contribution in [-0.4, -0.2) is 22.6 Å². The zero-order valence-electron chi connectivity index (χ0n) is 17.4. The summed E-state index contributed by atoms with van der Waals surface area (Å²) in [6.07, 6.45) is 3.84. The van der Waals surface area contributed by atoms with E-state index in [4.69, 9.17) is 4.84 Å². The van der Waals surface area contributed by atoms with Gasteiger partial charge in [-0.2, -0.15) is 5.26 Å². The van der Waals surface area contributed by atoms with Crippen molar-refractivity contribution in [2.75, 3.05) is 0 Å². The second-order valence-electron chi connectivity index (χ2n) is 7.70. The van der Waals surface area contributed by atoms with Crippen LogP contribution in [0.3, 0.4) is 0 Å². The first-order valence-electron chi connectivity index (χ1n) is 10.1. The van der Waals surface area contributed by atoms with Crippen LogP contribution in [0.4, 0.5) is 0 Å². The quantitative estimate of drug-likeness (QED) is 0.665. The largest absolute Gasteiger partial charge is 0.387 e. The maximum absolute atomic E-state index is 12.8. The summed E-state index contributed by atoms with van der Waals surface area (Å²) in [7, 11) is 0. The monoisotopic (exact) mass is 410 g/mol. The molecule has 6 nitrogen and oxygen atoms in total. The summed E-state index contributed by atoms with van der Waals surface area (Å²) in [6, 6.07) is 19.0. The predicted molar refractivity (Wildman–Crippen MR) is 118 cm³/mol. The summed E-state index contributed by atoms with van der Waals surface area (Å²) < 4.78 is 0. The van der Waals surface area contributed by atoms with Gasteiger partial charge in [0.2, 0.25) is 0 Å². The molecule has 1 aromatic heterocycles. The number of benzene rings is 2. The second-order valence-corrected chi connectivity index (χ2v) is 7.70. The van der Waals surface area contributed by atoms with Crippen LogP contribution in [0.2, 0.25) is 0 Å². The molecule has 2 aromatic carbocycles. The number of nitriles is 1. The Bertz CT molecular complexity index is 1180. The molecule has 4 rings (SSSR count). The Morgan fingerprint density at radius 3 is 2.61 bits per heavy atom. The molecular formula is C25H22N4O2. The smallest absolute Gasteiger partial charge is 0.251 e. The number of nitrogens with one attached hydrogen (secondary N) is 1. The van der Waals surface area contributed by atoms with E-state index in [0.717, 1.165) is 28.0 Å². The number of hydrogen-bond donors (Lipinski definition) is 1. The number of oxime groups is 1. The number of hydrogen-bond acceptors (Lipinski definition) is 5. The molecule has 3 aromatic rings. The van der Waals surface area contributed by atoms with E-state index < -0.39 is 0 Å². The van der Waals surface area contributed by atoms with Crippen molar-refractivity contribution in [2.45, 2.75) is 32.4 Å². The zero-order valence-corrected chi connectivity index (χ0v) is 17.4. The third kappa shape index (κ3) is 4.46. The topological polar surface area (TPSA) is 87.4 Å². The van der Waals surface area contributed by atoms with Gasteiger partial charge in [-0.05, 0) is 66.9 Å². The Morgan fingerprint density at radius 1 is 1.13 bits per heavy atom. The van der Waals surface area contributed by atoms with E-state index in [0.29, 0.717) is 17.5 Å². The molecule has 1 N–H and O–H groups in total. The van der Waals surface area contributed by atoms with Gasteiger partial charge in [0.15, 0.2) is 6.10 Å². The van der Waals surface area contributed by atoms with Crippen molar-refractivity contribution in [3.63, 3.8) is 0 Å². The van der Waals surface area contributed by atoms with E-state index in [2.05, 4.69) is 21.5 Å². The first kappa shape index (κ1) is 20.3. The Balaban J connectivity index is 1.74. The van der Waals surface area contributed by atoms with Crippen LogP contribution in [0.15, 0.2) is 72.1 Å². The minimum atomic E-state index is -0.194. The predicted octanol–water partition coefficient (Wildman–Crippen LogP) is 4.62. The fourth-order valence-corrected chi connectivity index (χ4v) is 3.56. The lowest BCUT2D eigenvalue weighted by molar-refractivity contribution is 0.0857. The molecule has 1 aliphatic rings. The van der Waals surface area contributed by atoms with Gasteiger partial charge in [0, 0.05) is 36.0 Å². The zero-order chi connectivity index (χ0) is 21.8. The Kier molecular flexibility index (Phi) is 5.76. The van der Waals surface area contributed by atoms with Crippen molar-refractivity contribution in [2.24, 2.45) is 5.16 Å². The molecule has 0 saturated heterocycles. The molecule has 0 aliphatic carbocycles. The lowest BCUT2D eigenvalue weighted by atomic mass is 9.93. The van der Waals surface area contributed by atoms with Crippen LogP contribution < -0.4 is 5.32 Å². The molecular weight excluding hydrogens is 388 g/mol. The highest BCUT2D eigenvalue weighted by Crippen LogP contribution is 2.32. The maximum Gasteiger partial charge on any atom is 0.251 e. The molecule has 1 unspecified atom stereocenters. The highest BCUT2D eigenvalue weighted by Gasteiger charge is 2.25. The number of pyridine rings is 1. The highest BCUT2D eigenvalue weighted by atomic mass is 16.6. The molecule has 6 heteroatoms. The van der Waals surface area contributed by atoms with E-state index in [1.54, 1.807) is 18.5 Å². The fourth-order valence-electron chi connectivity index (χ4n) is 3.56. The standard InChI is InChI=1S/C25H22N4O2/c1-16(2)28-25(30)21-12-19(22-6-4-3-5-18(22)15-26)11-20(13-21)23-14-24(31-29-23)17-7-9-27-10-8-17/h3-13,16,24H,14H2,1-2H3,(H,28,30). The third-order valence-electron chi connectivity index (χ3n) is 5.05. The average molecular weight is 410 g/mol. The van der Waals surface area contributed by atoms with Crippen molar-refractivity contribution >= 4 is 11.6 Å². The van der Waals surface area contributed by atoms with Gasteiger partial charge in [0.05, 0.1) is 17.3 Å². The molecule has 0 radical (unpaired) electrons. The molecule has 0 bridgehead atoms. The number of aromatic nitrogens is 1. The Labute approximate surface area is 181 Å². The average Bonchev–Trinajstić information content (AvgIpc) is 3.29. The van der Waals surface area contributed by atoms with Crippen LogP contribution >= 0.6 is 0 Å². The summed E-state index contributed by atoms with van der Waals surface area (Å²) in [5, 5.41) is 16.8. The van der Waals surface area contributed by atoms with Gasteiger partial charge in [-0.15, -0.1) is 0 Å². The lowest BCUT2D eigenvalue weighted by Crippen LogP contribution is -2.30. The number of rotatable bonds is 5. The molecule has 2 heterocycles. The molecule has 0 spiro atoms. The van der Waals surface area contributed by atoms with E-state index in [-0.39, 0.29) is 18.1 Å². The second kappa shape index (κ2) is 8.80. The van der Waals surface area contributed by atoms with E-state index in [9.17, 15) is 10.1 Å². The van der Waals surface area contributed by atoms with Gasteiger partial charge in [0.1, 0.15) is 0 Å². The maximum atomic E-state index is 12.8. The van der Waals surface area contributed by atoms with E-state index >= 15 is 0 Å². The van der Waals surface area contributed by atoms with Gasteiger partial charge in [-0.1, -0.05) is 23.4 Å². The van der Waals surface area contributed by atoms with Crippen molar-refractivity contribution < 1.29 is 9.63 Å². The summed E-state index contributed by atoms with van der Waals surface area (Å²) in [5.41, 5.74) is 5.19. The molecule has 154 valence electrons. The Morgan fingerprint density at radius 2 is 1.87 bits per heavy atom. The first-order chi connectivity index (χ1) is 15.0. The molecule has 0 saturated carbocycles. The lowest BCUT2D eigenvalue weighted by Gasteiger charge is -2.13. The third-order valence-corrected chi connectivity index (χ3v) is 5.05. The van der Waals surface area contributed by atoms with Crippen LogP contribution in [0.1, 0.15) is 53.4 Å². The van der Waals surface area contributed by atoms with Crippen LogP contribution in [0.25, 0.3) is 11.1 Å². The van der Waals surface area contributed by atoms with Crippen LogP contribution in [-0.2, 0) is 4.84 Å². The van der Waals surface area contributed by atoms with Crippen LogP contribution in [0, 0.1) is 11.3 Å². The summed E-state index contributed by atoms with van der Waals surface area (Å²) in [5.74, 6) is -0.169. The van der Waals surface area contributed by atoms with Crippen molar-refractivity contribution in [3.8, 4) is 17.2 Å². The Hall–Kier alpha value is -3.98. The number of amides is 1. The van der Waals surface area contributed by atoms with Crippen molar-refractivity contribution in [3.05, 3.63) is 89.2 Å². The summed E-state index contributed by atoms with van der Waals surface area (Å²) in [6.45, 7) is 3.84. The van der Waals surface area contributed by atoms with Gasteiger partial charge in [-0.25, -0.2) is 0 Å². The van der Waals surface area contributed by atoms with Gasteiger partial charge in [-0.3, -0.25) is 9.78 Å². The number of nitrogens with zero attached hydrogens (tertiary/aromatic N) is 3. The molecule has 0 fully saturated rings. The molecule has 1 aliphatic heterocycles. The minimum absolute atomic E-state index is 0.00854. The summed E-state index contributed by atoms with van der Waals surface area (Å²) >= 11 is 0. The van der Waals surface area contributed by atoms with Crippen molar-refractivity contribution in [1.29, 1.82) is 5.26 Å². The molecule has 31 heavy (non-hydrogen) atoms. The van der Waals surface area contributed by atoms with E-state index in [1.807, 2.05) is 62.4 Å². The minimum Gasteiger partial charge on any atom is -0.387 e. The first-order valence-corrected chi connectivity index (χ1v) is 10.1. The molecule has 1 atom stereocenters. The van der Waals surface area contributed by atoms with Gasteiger partial charge in [0.25, 0.3) is 5.91 Å². The van der Waals surface area contributed by atoms with E-state index in [1.165, 1.54) is 0 Å². The number of carbonyl (C=O) groups is 1. The summed E-state index contributed by atoms with van der Waals surface area (Å²) in [4.78, 5) is 22.5. The van der Waals surface area contributed by atoms with Gasteiger partial charge < -0.3 is 10.2 Å². The highest BCUT2D eigenvalue weighted by molar-refractivity contribution is 6.05. The SMILES string of the molecule is CC(C)NC(=O)c1cc(C2=NOC(c3ccncc3)C2)cc(-c2ccccc2C#N)c1. The fraction of sp³-hybridized carbons (Fsp3) is 0.200. The van der Waals surface area contributed by atoms with Gasteiger partial charge >= 0.3 is 0 Å². The normalized spacial score (nSPS) is 15.2. The molecule has 1 amide bonds.